The zero-order valence-electron chi connectivity index (χ0n) is 11.5. The molecule has 0 spiro atoms. The van der Waals surface area contributed by atoms with Crippen molar-refractivity contribution in [2.75, 3.05) is 18.0 Å². The molecule has 1 aliphatic rings. The van der Waals surface area contributed by atoms with Crippen molar-refractivity contribution < 1.29 is 4.42 Å². The average molecular weight is 292 g/mol. The normalized spacial score (nSPS) is 18.7. The fraction of sp³-hybridized carbons (Fsp3) is 0.400. The molecule has 0 saturated carbocycles. The van der Waals surface area contributed by atoms with Gasteiger partial charge in [0.2, 0.25) is 0 Å². The highest BCUT2D eigenvalue weighted by atomic mass is 35.5. The lowest BCUT2D eigenvalue weighted by Gasteiger charge is -2.18. The molecule has 3 heterocycles. The Morgan fingerprint density at radius 1 is 1.45 bits per heavy atom. The summed E-state index contributed by atoms with van der Waals surface area (Å²) in [4.78, 5) is 6.59. The van der Waals surface area contributed by atoms with E-state index in [2.05, 4.69) is 15.2 Å². The minimum Gasteiger partial charge on any atom is -0.465 e. The molecule has 1 fully saturated rings. The second-order valence-electron chi connectivity index (χ2n) is 5.13. The topological polar surface area (TPSA) is 41.3 Å². The first kappa shape index (κ1) is 13.5. The van der Waals surface area contributed by atoms with E-state index in [4.69, 9.17) is 16.0 Å². The summed E-state index contributed by atoms with van der Waals surface area (Å²) in [7, 11) is 0. The monoisotopic (exact) mass is 291 g/mol. The van der Waals surface area contributed by atoms with Gasteiger partial charge in [0.25, 0.3) is 0 Å². The number of halogens is 1. The molecule has 0 radical (unpaired) electrons. The van der Waals surface area contributed by atoms with Crippen LogP contribution in [0.3, 0.4) is 0 Å². The van der Waals surface area contributed by atoms with Crippen molar-refractivity contribution in [3.63, 3.8) is 0 Å². The zero-order valence-corrected chi connectivity index (χ0v) is 12.2. The lowest BCUT2D eigenvalue weighted by molar-refractivity contribution is 0.440. The van der Waals surface area contributed by atoms with E-state index in [1.54, 1.807) is 6.20 Å². The van der Waals surface area contributed by atoms with E-state index in [0.29, 0.717) is 6.04 Å². The second-order valence-corrected chi connectivity index (χ2v) is 5.54. The van der Waals surface area contributed by atoms with Crippen LogP contribution in [0.15, 0.2) is 34.9 Å². The van der Waals surface area contributed by atoms with Crippen LogP contribution in [0.1, 0.15) is 17.9 Å². The van der Waals surface area contributed by atoms with E-state index < -0.39 is 0 Å². The highest BCUT2D eigenvalue weighted by molar-refractivity contribution is 6.32. The third kappa shape index (κ3) is 2.97. The van der Waals surface area contributed by atoms with Gasteiger partial charge in [-0.25, -0.2) is 4.98 Å². The van der Waals surface area contributed by atoms with Gasteiger partial charge in [-0.2, -0.15) is 0 Å². The van der Waals surface area contributed by atoms with Crippen LogP contribution in [0.5, 0.6) is 0 Å². The third-order valence-corrected chi connectivity index (χ3v) is 3.88. The molecule has 0 aromatic carbocycles. The van der Waals surface area contributed by atoms with Gasteiger partial charge < -0.3 is 14.6 Å². The van der Waals surface area contributed by atoms with Crippen LogP contribution in [0, 0.1) is 6.92 Å². The molecule has 20 heavy (non-hydrogen) atoms. The van der Waals surface area contributed by atoms with Gasteiger partial charge in [0.15, 0.2) is 0 Å². The Morgan fingerprint density at radius 2 is 2.35 bits per heavy atom. The van der Waals surface area contributed by atoms with Crippen LogP contribution in [-0.2, 0) is 6.54 Å². The zero-order chi connectivity index (χ0) is 13.9. The first-order chi connectivity index (χ1) is 9.72. The van der Waals surface area contributed by atoms with Crippen LogP contribution in [0.2, 0.25) is 5.02 Å². The van der Waals surface area contributed by atoms with Crippen molar-refractivity contribution >= 4 is 17.4 Å². The molecular formula is C15H18ClN3O. The Bertz CT molecular complexity index is 584. The van der Waals surface area contributed by atoms with Gasteiger partial charge in [0, 0.05) is 25.3 Å². The average Bonchev–Trinajstić information content (AvgIpc) is 3.06. The Hall–Kier alpha value is -1.52. The number of furan rings is 1. The summed E-state index contributed by atoms with van der Waals surface area (Å²) in [5.74, 6) is 2.82. The van der Waals surface area contributed by atoms with Crippen LogP contribution in [-0.4, -0.2) is 24.1 Å². The molecule has 5 heteroatoms. The number of nitrogens with zero attached hydrogens (tertiary/aromatic N) is 2. The number of hydrogen-bond donors (Lipinski definition) is 1. The lowest BCUT2D eigenvalue weighted by atomic mass is 10.2. The number of pyridine rings is 1. The summed E-state index contributed by atoms with van der Waals surface area (Å²) >= 11 is 6.19. The molecular weight excluding hydrogens is 274 g/mol. The molecule has 4 nitrogen and oxygen atoms in total. The van der Waals surface area contributed by atoms with E-state index in [1.165, 1.54) is 0 Å². The molecule has 2 aromatic rings. The minimum absolute atomic E-state index is 0.443. The number of hydrogen-bond acceptors (Lipinski definition) is 4. The summed E-state index contributed by atoms with van der Waals surface area (Å²) in [5.41, 5.74) is 0. The molecule has 1 atom stereocenters. The highest BCUT2D eigenvalue weighted by Crippen LogP contribution is 2.25. The van der Waals surface area contributed by atoms with Gasteiger partial charge >= 0.3 is 0 Å². The van der Waals surface area contributed by atoms with Crippen molar-refractivity contribution in [1.82, 2.24) is 10.3 Å². The van der Waals surface area contributed by atoms with Crippen LogP contribution < -0.4 is 10.2 Å². The summed E-state index contributed by atoms with van der Waals surface area (Å²) in [5, 5.41) is 4.24. The Balaban J connectivity index is 1.56. The van der Waals surface area contributed by atoms with E-state index in [0.717, 1.165) is 48.4 Å². The number of anilines is 1. The largest absolute Gasteiger partial charge is 0.465 e. The summed E-state index contributed by atoms with van der Waals surface area (Å²) in [6.07, 6.45) is 2.88. The predicted octanol–water partition coefficient (Wildman–Crippen LogP) is 3.00. The number of aromatic nitrogens is 1. The van der Waals surface area contributed by atoms with E-state index in [9.17, 15) is 0 Å². The molecule has 106 valence electrons. The SMILES string of the molecule is Cc1ccc(CN[C@@H]2CCN(c3ncccc3Cl)C2)o1. The van der Waals surface area contributed by atoms with Gasteiger partial charge in [-0.3, -0.25) is 0 Å². The maximum absolute atomic E-state index is 6.19. The number of aryl methyl sites for hydroxylation is 1. The van der Waals surface area contributed by atoms with Gasteiger partial charge in [0.05, 0.1) is 11.6 Å². The maximum Gasteiger partial charge on any atom is 0.147 e. The van der Waals surface area contributed by atoms with Crippen LogP contribution in [0.4, 0.5) is 5.82 Å². The first-order valence-electron chi connectivity index (χ1n) is 6.86. The van der Waals surface area contributed by atoms with Crippen molar-refractivity contribution in [2.24, 2.45) is 0 Å². The molecule has 0 unspecified atom stereocenters. The molecule has 1 N–H and O–H groups in total. The Labute approximate surface area is 123 Å². The van der Waals surface area contributed by atoms with Gasteiger partial charge in [-0.1, -0.05) is 11.6 Å². The number of rotatable bonds is 4. The van der Waals surface area contributed by atoms with E-state index in [1.807, 2.05) is 31.2 Å². The molecule has 0 amide bonds. The second kappa shape index (κ2) is 5.85. The van der Waals surface area contributed by atoms with E-state index >= 15 is 0 Å². The molecule has 1 aliphatic heterocycles. The first-order valence-corrected chi connectivity index (χ1v) is 7.24. The highest BCUT2D eigenvalue weighted by Gasteiger charge is 2.24. The summed E-state index contributed by atoms with van der Waals surface area (Å²) < 4.78 is 5.56. The maximum atomic E-state index is 6.19. The van der Waals surface area contributed by atoms with Crippen molar-refractivity contribution in [2.45, 2.75) is 25.9 Å². The smallest absolute Gasteiger partial charge is 0.147 e. The molecule has 2 aromatic heterocycles. The summed E-state index contributed by atoms with van der Waals surface area (Å²) in [6.45, 7) is 4.63. The Morgan fingerprint density at radius 3 is 3.10 bits per heavy atom. The van der Waals surface area contributed by atoms with Crippen LogP contribution >= 0.6 is 11.6 Å². The van der Waals surface area contributed by atoms with Crippen molar-refractivity contribution in [3.05, 3.63) is 47.0 Å². The quantitative estimate of drug-likeness (QED) is 0.940. The van der Waals surface area contributed by atoms with Gasteiger partial charge in [0.1, 0.15) is 17.3 Å². The standard InChI is InChI=1S/C15H18ClN3O/c1-11-4-5-13(20-11)9-18-12-6-8-19(10-12)15-14(16)3-2-7-17-15/h2-5,7,12,18H,6,8-10H2,1H3/t12-/m1/s1. The van der Waals surface area contributed by atoms with E-state index in [-0.39, 0.29) is 0 Å². The van der Waals surface area contributed by atoms with Crippen molar-refractivity contribution in [1.29, 1.82) is 0 Å². The van der Waals surface area contributed by atoms with Crippen LogP contribution in [0.25, 0.3) is 0 Å². The van der Waals surface area contributed by atoms with Gasteiger partial charge in [-0.05, 0) is 37.6 Å². The fourth-order valence-corrected chi connectivity index (χ4v) is 2.80. The fourth-order valence-electron chi connectivity index (χ4n) is 2.55. The Kier molecular flexibility index (Phi) is 3.94. The molecule has 1 saturated heterocycles. The van der Waals surface area contributed by atoms with Gasteiger partial charge in [-0.15, -0.1) is 0 Å². The summed E-state index contributed by atoms with van der Waals surface area (Å²) in [6, 6.07) is 8.20. The van der Waals surface area contributed by atoms with Crippen molar-refractivity contribution in [3.8, 4) is 0 Å². The molecule has 0 aliphatic carbocycles. The molecule has 3 rings (SSSR count). The molecule has 0 bridgehead atoms. The third-order valence-electron chi connectivity index (χ3n) is 3.59. The lowest BCUT2D eigenvalue weighted by Crippen LogP contribution is -2.32. The number of nitrogens with one attached hydrogen (secondary N) is 1. The predicted molar refractivity (Wildman–Crippen MR) is 80.1 cm³/mol. The minimum atomic E-state index is 0.443.